The molecule has 18 heavy (non-hydrogen) atoms. The Kier molecular flexibility index (Phi) is 3.18. The van der Waals surface area contributed by atoms with Crippen LogP contribution in [0.25, 0.3) is 0 Å². The maximum Gasteiger partial charge on any atom is 0.225 e. The number of hydrogen-bond donors (Lipinski definition) is 2. The van der Waals surface area contributed by atoms with Crippen LogP contribution in [-0.4, -0.2) is 47.9 Å². The smallest absolute Gasteiger partial charge is 0.225 e. The zero-order valence-electron chi connectivity index (χ0n) is 10.5. The van der Waals surface area contributed by atoms with Gasteiger partial charge < -0.3 is 15.3 Å². The number of nitrogens with one attached hydrogen (secondary N) is 1. The number of aliphatic hydroxyl groups is 1. The molecule has 1 atom stereocenters. The summed E-state index contributed by atoms with van der Waals surface area (Å²) in [6.07, 6.45) is 5.84. The second-order valence-corrected chi connectivity index (χ2v) is 5.42. The predicted molar refractivity (Wildman–Crippen MR) is 69.4 cm³/mol. The van der Waals surface area contributed by atoms with E-state index in [1.807, 2.05) is 6.07 Å². The second kappa shape index (κ2) is 4.82. The van der Waals surface area contributed by atoms with Crippen LogP contribution in [0.1, 0.15) is 12.8 Å². The van der Waals surface area contributed by atoms with E-state index < -0.39 is 0 Å². The summed E-state index contributed by atoms with van der Waals surface area (Å²) >= 11 is 0. The van der Waals surface area contributed by atoms with Crippen LogP contribution in [0.4, 0.5) is 5.95 Å². The number of aliphatic hydroxyl groups excluding tert-OH is 1. The molecule has 0 aliphatic carbocycles. The minimum Gasteiger partial charge on any atom is -0.396 e. The molecule has 2 N–H and O–H groups in total. The van der Waals surface area contributed by atoms with E-state index in [1.165, 1.54) is 0 Å². The molecule has 2 saturated heterocycles. The molecule has 1 aromatic rings. The van der Waals surface area contributed by atoms with Crippen molar-refractivity contribution in [3.63, 3.8) is 0 Å². The lowest BCUT2D eigenvalue weighted by Gasteiger charge is -2.37. The fourth-order valence-electron chi connectivity index (χ4n) is 3.38. The zero-order valence-corrected chi connectivity index (χ0v) is 10.5. The van der Waals surface area contributed by atoms with Gasteiger partial charge in [-0.3, -0.25) is 0 Å². The summed E-state index contributed by atoms with van der Waals surface area (Å²) in [7, 11) is 0. The third-order valence-corrected chi connectivity index (χ3v) is 4.47. The summed E-state index contributed by atoms with van der Waals surface area (Å²) < 4.78 is 0. The number of nitrogens with zero attached hydrogens (tertiary/aromatic N) is 3. The highest BCUT2D eigenvalue weighted by Gasteiger charge is 2.47. The van der Waals surface area contributed by atoms with Crippen LogP contribution in [0, 0.1) is 11.3 Å². The zero-order chi connectivity index (χ0) is 12.4. The normalized spacial score (nSPS) is 26.7. The SMILES string of the molecule is OCC1CN(c2ncccn2)CC12CCNCC2. The third kappa shape index (κ3) is 1.97. The first-order valence-corrected chi connectivity index (χ1v) is 6.68. The molecule has 3 heterocycles. The van der Waals surface area contributed by atoms with Gasteiger partial charge in [-0.1, -0.05) is 0 Å². The van der Waals surface area contributed by atoms with Crippen molar-refractivity contribution < 1.29 is 5.11 Å². The van der Waals surface area contributed by atoms with Crippen molar-refractivity contribution in [1.82, 2.24) is 15.3 Å². The Bertz CT molecular complexity index is 391. The van der Waals surface area contributed by atoms with E-state index in [0.29, 0.717) is 5.92 Å². The van der Waals surface area contributed by atoms with Crippen molar-refractivity contribution in [3.8, 4) is 0 Å². The predicted octanol–water partition coefficient (Wildman–Crippen LogP) is 0.275. The van der Waals surface area contributed by atoms with Crippen molar-refractivity contribution in [2.75, 3.05) is 37.7 Å². The molecule has 5 nitrogen and oxygen atoms in total. The average Bonchev–Trinajstić information content (AvgIpc) is 2.79. The Balaban J connectivity index is 1.81. The minimum atomic E-state index is 0.249. The molecule has 2 aliphatic rings. The number of anilines is 1. The van der Waals surface area contributed by atoms with Crippen molar-refractivity contribution in [3.05, 3.63) is 18.5 Å². The fourth-order valence-corrected chi connectivity index (χ4v) is 3.38. The van der Waals surface area contributed by atoms with Crippen molar-refractivity contribution in [2.24, 2.45) is 11.3 Å². The van der Waals surface area contributed by atoms with E-state index in [4.69, 9.17) is 0 Å². The summed E-state index contributed by atoms with van der Waals surface area (Å²) in [5, 5.41) is 13.1. The molecule has 2 aliphatic heterocycles. The highest BCUT2D eigenvalue weighted by atomic mass is 16.3. The van der Waals surface area contributed by atoms with Crippen molar-refractivity contribution in [1.29, 1.82) is 0 Å². The van der Waals surface area contributed by atoms with Gasteiger partial charge in [-0.2, -0.15) is 0 Å². The number of hydrogen-bond acceptors (Lipinski definition) is 5. The first-order valence-electron chi connectivity index (χ1n) is 6.68. The Hall–Kier alpha value is -1.20. The molecule has 98 valence electrons. The Morgan fingerprint density at radius 1 is 1.33 bits per heavy atom. The monoisotopic (exact) mass is 248 g/mol. The van der Waals surface area contributed by atoms with Crippen LogP contribution in [0.3, 0.4) is 0 Å². The first kappa shape index (κ1) is 11.9. The van der Waals surface area contributed by atoms with Gasteiger partial charge in [-0.15, -0.1) is 0 Å². The molecule has 0 radical (unpaired) electrons. The maximum absolute atomic E-state index is 9.66. The van der Waals surface area contributed by atoms with E-state index >= 15 is 0 Å². The van der Waals surface area contributed by atoms with Crippen LogP contribution in [0.5, 0.6) is 0 Å². The summed E-state index contributed by atoms with van der Waals surface area (Å²) in [5.41, 5.74) is 0.249. The van der Waals surface area contributed by atoms with E-state index in [2.05, 4.69) is 20.2 Å². The molecule has 1 unspecified atom stereocenters. The summed E-state index contributed by atoms with van der Waals surface area (Å²) in [6.45, 7) is 4.23. The van der Waals surface area contributed by atoms with Gasteiger partial charge in [0.15, 0.2) is 0 Å². The summed E-state index contributed by atoms with van der Waals surface area (Å²) in [5.74, 6) is 1.15. The van der Waals surface area contributed by atoms with Crippen LogP contribution in [-0.2, 0) is 0 Å². The molecule has 5 heteroatoms. The molecule has 0 bridgehead atoms. The molecule has 2 fully saturated rings. The lowest BCUT2D eigenvalue weighted by molar-refractivity contribution is 0.1000. The lowest BCUT2D eigenvalue weighted by atomic mass is 9.71. The standard InChI is InChI=1S/C13H20N4O/c18-9-11-8-17(12-15-4-1-5-16-12)10-13(11)2-6-14-7-3-13/h1,4-5,11,14,18H,2-3,6-10H2. The van der Waals surface area contributed by atoms with Gasteiger partial charge in [0.2, 0.25) is 5.95 Å². The topological polar surface area (TPSA) is 61.3 Å². The Morgan fingerprint density at radius 3 is 2.72 bits per heavy atom. The van der Waals surface area contributed by atoms with E-state index in [-0.39, 0.29) is 12.0 Å². The van der Waals surface area contributed by atoms with E-state index in [0.717, 1.165) is 45.0 Å². The molecule has 1 aromatic heterocycles. The highest BCUT2D eigenvalue weighted by molar-refractivity contribution is 5.33. The largest absolute Gasteiger partial charge is 0.396 e. The maximum atomic E-state index is 9.66. The van der Waals surface area contributed by atoms with Gasteiger partial charge >= 0.3 is 0 Å². The summed E-state index contributed by atoms with van der Waals surface area (Å²) in [6, 6.07) is 1.84. The van der Waals surface area contributed by atoms with Gasteiger partial charge in [0.25, 0.3) is 0 Å². The molecular formula is C13H20N4O. The third-order valence-electron chi connectivity index (χ3n) is 4.47. The Morgan fingerprint density at radius 2 is 2.06 bits per heavy atom. The van der Waals surface area contributed by atoms with Crippen LogP contribution in [0.2, 0.25) is 0 Å². The van der Waals surface area contributed by atoms with Crippen molar-refractivity contribution in [2.45, 2.75) is 12.8 Å². The minimum absolute atomic E-state index is 0.249. The highest BCUT2D eigenvalue weighted by Crippen LogP contribution is 2.43. The fraction of sp³-hybridized carbons (Fsp3) is 0.692. The molecule has 0 saturated carbocycles. The van der Waals surface area contributed by atoms with Gasteiger partial charge in [-0.05, 0) is 37.4 Å². The van der Waals surface area contributed by atoms with Crippen LogP contribution in [0.15, 0.2) is 18.5 Å². The van der Waals surface area contributed by atoms with Crippen molar-refractivity contribution >= 4 is 5.95 Å². The molecule has 3 rings (SSSR count). The first-order chi connectivity index (χ1) is 8.84. The molecular weight excluding hydrogens is 228 g/mol. The van der Waals surface area contributed by atoms with Gasteiger partial charge in [0.1, 0.15) is 0 Å². The van der Waals surface area contributed by atoms with E-state index in [9.17, 15) is 5.11 Å². The van der Waals surface area contributed by atoms with Gasteiger partial charge in [0.05, 0.1) is 0 Å². The van der Waals surface area contributed by atoms with Gasteiger partial charge in [-0.25, -0.2) is 9.97 Å². The van der Waals surface area contributed by atoms with E-state index in [1.54, 1.807) is 12.4 Å². The van der Waals surface area contributed by atoms with Crippen LogP contribution < -0.4 is 10.2 Å². The second-order valence-electron chi connectivity index (χ2n) is 5.42. The molecule has 0 amide bonds. The number of rotatable bonds is 2. The molecule has 0 aromatic carbocycles. The molecule has 1 spiro atoms. The lowest BCUT2D eigenvalue weighted by Crippen LogP contribution is -2.43. The average molecular weight is 248 g/mol. The number of piperidine rings is 1. The quantitative estimate of drug-likeness (QED) is 0.787. The van der Waals surface area contributed by atoms with Gasteiger partial charge in [0, 0.05) is 38.0 Å². The number of aromatic nitrogens is 2. The van der Waals surface area contributed by atoms with Crippen LogP contribution >= 0.6 is 0 Å². The Labute approximate surface area is 107 Å². The summed E-state index contributed by atoms with van der Waals surface area (Å²) in [4.78, 5) is 10.9.